The number of fused-ring (bicyclic) bond motifs is 1. The number of H-pyrrole nitrogens is 2. The molecule has 166 valence electrons. The van der Waals surface area contributed by atoms with Gasteiger partial charge in [0, 0.05) is 29.3 Å². The Labute approximate surface area is 180 Å². The van der Waals surface area contributed by atoms with Gasteiger partial charge in [-0.2, -0.15) is 13.2 Å². The lowest BCUT2D eigenvalue weighted by Gasteiger charge is -2.38. The summed E-state index contributed by atoms with van der Waals surface area (Å²) in [5.41, 5.74) is 1.39. The van der Waals surface area contributed by atoms with E-state index in [-0.39, 0.29) is 16.8 Å². The molecule has 3 rings (SSSR count). The highest BCUT2D eigenvalue weighted by molar-refractivity contribution is 7.71. The summed E-state index contributed by atoms with van der Waals surface area (Å²) >= 11 is 5.02. The fraction of sp³-hybridized carbons (Fsp3) is 0.333. The Bertz CT molecular complexity index is 1200. The van der Waals surface area contributed by atoms with Crippen molar-refractivity contribution in [3.05, 3.63) is 63.8 Å². The third-order valence-corrected chi connectivity index (χ3v) is 5.54. The van der Waals surface area contributed by atoms with Crippen molar-refractivity contribution in [3.8, 4) is 0 Å². The topological polar surface area (TPSA) is 94.9 Å². The monoisotopic (exact) mass is 455 g/mol. The number of hydrogen-bond acceptors (Lipinski definition) is 3. The number of carbonyl (C=O) groups is 1. The summed E-state index contributed by atoms with van der Waals surface area (Å²) in [6.45, 7) is 2.88. The Hall–Kier alpha value is -2.72. The van der Waals surface area contributed by atoms with Crippen LogP contribution < -0.4 is 5.73 Å². The zero-order valence-corrected chi connectivity index (χ0v) is 17.5. The number of aliphatic hydroxyl groups is 1. The largest absolute Gasteiger partial charge is 0.417 e. The van der Waals surface area contributed by atoms with Gasteiger partial charge in [0.25, 0.3) is 0 Å². The Morgan fingerprint density at radius 2 is 1.87 bits per heavy atom. The second-order valence-electron chi connectivity index (χ2n) is 8.28. The third kappa shape index (κ3) is 4.64. The van der Waals surface area contributed by atoms with Gasteiger partial charge >= 0.3 is 6.18 Å². The highest BCUT2D eigenvalue weighted by Crippen LogP contribution is 2.44. The van der Waals surface area contributed by atoms with Crippen molar-refractivity contribution < 1.29 is 27.5 Å². The van der Waals surface area contributed by atoms with E-state index in [0.717, 1.165) is 12.1 Å². The zero-order valence-electron chi connectivity index (χ0n) is 16.7. The molecule has 0 aliphatic heterocycles. The Morgan fingerprint density at radius 1 is 1.19 bits per heavy atom. The van der Waals surface area contributed by atoms with Crippen LogP contribution in [0.25, 0.3) is 10.9 Å². The van der Waals surface area contributed by atoms with Crippen molar-refractivity contribution in [1.29, 1.82) is 0 Å². The molecule has 0 bridgehead atoms. The van der Waals surface area contributed by atoms with Crippen LogP contribution in [-0.2, 0) is 11.8 Å². The van der Waals surface area contributed by atoms with Crippen LogP contribution in [0.5, 0.6) is 0 Å². The number of amides is 1. The molecule has 0 aliphatic rings. The van der Waals surface area contributed by atoms with Crippen molar-refractivity contribution in [2.75, 3.05) is 0 Å². The quantitative estimate of drug-likeness (QED) is 0.321. The smallest absolute Gasteiger partial charge is 0.380 e. The molecule has 31 heavy (non-hydrogen) atoms. The number of rotatable bonds is 6. The van der Waals surface area contributed by atoms with Crippen molar-refractivity contribution in [2.45, 2.75) is 43.9 Å². The molecular weight excluding hydrogens is 434 g/mol. The maximum absolute atomic E-state index is 14.0. The predicted molar refractivity (Wildman–Crippen MR) is 111 cm³/mol. The van der Waals surface area contributed by atoms with E-state index in [1.807, 2.05) is 0 Å². The minimum atomic E-state index is -4.98. The Balaban J connectivity index is 2.02. The van der Waals surface area contributed by atoms with Crippen molar-refractivity contribution in [2.24, 2.45) is 5.73 Å². The van der Waals surface area contributed by atoms with Crippen LogP contribution in [0.2, 0.25) is 0 Å². The maximum Gasteiger partial charge on any atom is 0.417 e. The molecule has 5 nitrogen and oxygen atoms in total. The number of benzene rings is 1. The molecule has 0 saturated heterocycles. The lowest BCUT2D eigenvalue weighted by molar-refractivity contribution is -0.266. The first-order valence-electron chi connectivity index (χ1n) is 9.31. The molecule has 2 aromatic heterocycles. The van der Waals surface area contributed by atoms with Crippen molar-refractivity contribution in [1.82, 2.24) is 9.97 Å². The average molecular weight is 455 g/mol. The SMILES string of the molecule is CC(C)(CC(O)(Cc1cc2cc(=S)[nH]cc2[nH]1)C(F)(F)F)c1ccc(F)cc1C(N)=O. The van der Waals surface area contributed by atoms with E-state index < -0.39 is 41.8 Å². The van der Waals surface area contributed by atoms with Crippen LogP contribution in [0.1, 0.15) is 41.9 Å². The van der Waals surface area contributed by atoms with Gasteiger partial charge in [-0.15, -0.1) is 0 Å². The first kappa shape index (κ1) is 23.0. The molecule has 0 fully saturated rings. The normalized spacial score (nSPS) is 14.5. The van der Waals surface area contributed by atoms with Gasteiger partial charge in [-0.3, -0.25) is 4.79 Å². The molecule has 0 saturated carbocycles. The number of halogens is 4. The van der Waals surface area contributed by atoms with Crippen LogP contribution in [-0.4, -0.2) is 32.8 Å². The number of carbonyl (C=O) groups excluding carboxylic acids is 1. The van der Waals surface area contributed by atoms with Crippen molar-refractivity contribution in [3.63, 3.8) is 0 Å². The predicted octanol–water partition coefficient (Wildman–Crippen LogP) is 4.67. The second kappa shape index (κ2) is 7.76. The molecule has 1 atom stereocenters. The van der Waals surface area contributed by atoms with E-state index in [4.69, 9.17) is 18.0 Å². The number of alkyl halides is 3. The summed E-state index contributed by atoms with van der Waals surface area (Å²) in [7, 11) is 0. The summed E-state index contributed by atoms with van der Waals surface area (Å²) in [5.74, 6) is -1.71. The van der Waals surface area contributed by atoms with Gasteiger partial charge in [0.15, 0.2) is 5.60 Å². The summed E-state index contributed by atoms with van der Waals surface area (Å²) in [6.07, 6.45) is -4.99. The van der Waals surface area contributed by atoms with Gasteiger partial charge in [0.1, 0.15) is 10.5 Å². The van der Waals surface area contributed by atoms with Gasteiger partial charge in [0.05, 0.1) is 5.52 Å². The van der Waals surface area contributed by atoms with Gasteiger partial charge in [-0.1, -0.05) is 32.1 Å². The number of hydrogen-bond donors (Lipinski definition) is 4. The minimum absolute atomic E-state index is 0.117. The molecule has 1 amide bonds. The number of primary amides is 1. The summed E-state index contributed by atoms with van der Waals surface area (Å²) in [6, 6.07) is 6.23. The molecule has 5 N–H and O–H groups in total. The molecule has 0 spiro atoms. The van der Waals surface area contributed by atoms with Gasteiger partial charge in [0.2, 0.25) is 5.91 Å². The van der Waals surface area contributed by atoms with Crippen LogP contribution >= 0.6 is 12.2 Å². The fourth-order valence-corrected chi connectivity index (χ4v) is 4.11. The van der Waals surface area contributed by atoms with E-state index >= 15 is 0 Å². The van der Waals surface area contributed by atoms with E-state index in [1.54, 1.807) is 6.07 Å². The second-order valence-corrected chi connectivity index (χ2v) is 8.72. The van der Waals surface area contributed by atoms with E-state index in [1.165, 1.54) is 32.2 Å². The molecule has 0 radical (unpaired) electrons. The molecular formula is C21H21F4N3O2S. The number of aromatic nitrogens is 2. The van der Waals surface area contributed by atoms with Gasteiger partial charge < -0.3 is 20.8 Å². The summed E-state index contributed by atoms with van der Waals surface area (Å²) in [5, 5.41) is 11.4. The molecule has 10 heteroatoms. The molecule has 1 aromatic carbocycles. The lowest BCUT2D eigenvalue weighted by Crippen LogP contribution is -2.51. The van der Waals surface area contributed by atoms with Gasteiger partial charge in [-0.25, -0.2) is 4.39 Å². The first-order chi connectivity index (χ1) is 14.2. The Morgan fingerprint density at radius 3 is 2.48 bits per heavy atom. The van der Waals surface area contributed by atoms with E-state index in [0.29, 0.717) is 15.5 Å². The molecule has 2 heterocycles. The zero-order chi connectivity index (χ0) is 23.2. The average Bonchev–Trinajstić information content (AvgIpc) is 3.00. The number of aromatic amines is 2. The number of nitrogens with two attached hydrogens (primary N) is 1. The standard InChI is InChI=1S/C21H21F4N3O2S/c1-19(2,15-4-3-12(22)7-14(15)18(26)29)10-20(30,21(23,24)25)8-13-5-11-6-17(31)27-9-16(11)28-13/h3-7,9,28,30H,8,10H2,1-2H3,(H2,26,29)(H,27,31). The fourth-order valence-electron chi connectivity index (χ4n) is 3.92. The third-order valence-electron chi connectivity index (χ3n) is 5.30. The highest BCUT2D eigenvalue weighted by atomic mass is 32.1. The molecule has 3 aromatic rings. The van der Waals surface area contributed by atoms with E-state index in [2.05, 4.69) is 9.97 Å². The molecule has 0 aliphatic carbocycles. The summed E-state index contributed by atoms with van der Waals surface area (Å²) < 4.78 is 56.1. The van der Waals surface area contributed by atoms with E-state index in [9.17, 15) is 27.5 Å². The van der Waals surface area contributed by atoms with Crippen LogP contribution in [0.3, 0.4) is 0 Å². The number of pyridine rings is 1. The number of nitrogens with one attached hydrogen (secondary N) is 2. The first-order valence-corrected chi connectivity index (χ1v) is 9.72. The van der Waals surface area contributed by atoms with Gasteiger partial charge in [-0.05, 0) is 41.7 Å². The maximum atomic E-state index is 14.0. The summed E-state index contributed by atoms with van der Waals surface area (Å²) in [4.78, 5) is 17.4. The minimum Gasteiger partial charge on any atom is -0.380 e. The van der Waals surface area contributed by atoms with Crippen molar-refractivity contribution >= 4 is 29.0 Å². The lowest BCUT2D eigenvalue weighted by atomic mass is 9.72. The molecule has 1 unspecified atom stereocenters. The van der Waals surface area contributed by atoms with Crippen LogP contribution in [0.4, 0.5) is 17.6 Å². The Kier molecular flexibility index (Phi) is 5.74. The van der Waals surface area contributed by atoms with Crippen LogP contribution in [0, 0.1) is 10.5 Å². The highest BCUT2D eigenvalue weighted by Gasteiger charge is 2.56. The van der Waals surface area contributed by atoms with Crippen LogP contribution in [0.15, 0.2) is 36.5 Å².